The van der Waals surface area contributed by atoms with Crippen LogP contribution in [0, 0.1) is 0 Å². The van der Waals surface area contributed by atoms with E-state index in [4.69, 9.17) is 16.3 Å². The van der Waals surface area contributed by atoms with E-state index in [1.807, 2.05) is 0 Å². The number of piperidine rings is 1. The lowest BCUT2D eigenvalue weighted by Gasteiger charge is -2.36. The fourth-order valence-electron chi connectivity index (χ4n) is 4.28. The smallest absolute Gasteiger partial charge is 0.319 e. The molecule has 0 aliphatic carbocycles. The van der Waals surface area contributed by atoms with Crippen LogP contribution in [0.25, 0.3) is 0 Å². The number of halogens is 1. The second-order valence-corrected chi connectivity index (χ2v) is 9.00. The van der Waals surface area contributed by atoms with Gasteiger partial charge in [-0.15, -0.1) is 0 Å². The zero-order valence-electron chi connectivity index (χ0n) is 18.5. The average molecular weight is 467 g/mol. The predicted molar refractivity (Wildman–Crippen MR) is 125 cm³/mol. The third-order valence-electron chi connectivity index (χ3n) is 6.11. The number of hydrogen-bond donors (Lipinski definition) is 4. The lowest BCUT2D eigenvalue weighted by atomic mass is 9.97. The molecular formula is C23H35ClN4O4. The van der Waals surface area contributed by atoms with Crippen LogP contribution in [0.15, 0.2) is 24.3 Å². The fraction of sp³-hybridized carbons (Fsp3) is 0.652. The Labute approximate surface area is 195 Å². The van der Waals surface area contributed by atoms with Crippen molar-refractivity contribution in [1.82, 2.24) is 15.5 Å². The van der Waals surface area contributed by atoms with Gasteiger partial charge in [0.2, 0.25) is 5.91 Å². The molecule has 2 heterocycles. The Morgan fingerprint density at radius 1 is 1.12 bits per heavy atom. The van der Waals surface area contributed by atoms with Crippen LogP contribution < -0.4 is 16.0 Å². The van der Waals surface area contributed by atoms with Crippen LogP contribution in [-0.4, -0.2) is 73.0 Å². The number of likely N-dealkylation sites (tertiary alicyclic amines) is 1. The molecule has 0 spiro atoms. The normalized spacial score (nSPS) is 24.0. The van der Waals surface area contributed by atoms with Gasteiger partial charge in [0.1, 0.15) is 6.10 Å². The third kappa shape index (κ3) is 8.24. The highest BCUT2D eigenvalue weighted by atomic mass is 35.5. The first-order chi connectivity index (χ1) is 15.5. The third-order valence-corrected chi connectivity index (χ3v) is 6.36. The Morgan fingerprint density at radius 3 is 2.59 bits per heavy atom. The van der Waals surface area contributed by atoms with Gasteiger partial charge in [0.25, 0.3) is 0 Å². The van der Waals surface area contributed by atoms with Crippen molar-refractivity contribution in [3.8, 4) is 0 Å². The van der Waals surface area contributed by atoms with Gasteiger partial charge in [0, 0.05) is 30.2 Å². The number of aliphatic hydroxyl groups excluding tert-OH is 1. The van der Waals surface area contributed by atoms with Crippen molar-refractivity contribution >= 4 is 29.2 Å². The van der Waals surface area contributed by atoms with Crippen molar-refractivity contribution in [3.63, 3.8) is 0 Å². The predicted octanol–water partition coefficient (Wildman–Crippen LogP) is 2.75. The highest BCUT2D eigenvalue weighted by molar-refractivity contribution is 6.30. The number of amides is 3. The summed E-state index contributed by atoms with van der Waals surface area (Å²) in [7, 11) is 0. The van der Waals surface area contributed by atoms with Crippen molar-refractivity contribution in [2.45, 2.75) is 63.2 Å². The van der Waals surface area contributed by atoms with Crippen LogP contribution in [0.4, 0.5) is 10.5 Å². The van der Waals surface area contributed by atoms with Gasteiger partial charge in [-0.1, -0.05) is 18.0 Å². The van der Waals surface area contributed by atoms with E-state index in [-0.39, 0.29) is 30.7 Å². The molecule has 3 rings (SSSR count). The summed E-state index contributed by atoms with van der Waals surface area (Å²) >= 11 is 5.86. The lowest BCUT2D eigenvalue weighted by molar-refractivity contribution is -0.122. The number of ether oxygens (including phenoxy) is 1. The van der Waals surface area contributed by atoms with Gasteiger partial charge in [-0.2, -0.15) is 0 Å². The van der Waals surface area contributed by atoms with E-state index in [9.17, 15) is 14.7 Å². The van der Waals surface area contributed by atoms with Gasteiger partial charge in [-0.3, -0.25) is 4.79 Å². The number of aliphatic hydroxyl groups is 1. The van der Waals surface area contributed by atoms with E-state index in [2.05, 4.69) is 20.9 Å². The molecule has 1 aromatic rings. The number of rotatable bonds is 9. The molecule has 2 aliphatic rings. The molecule has 0 saturated carbocycles. The molecular weight excluding hydrogens is 432 g/mol. The van der Waals surface area contributed by atoms with Crippen molar-refractivity contribution in [1.29, 1.82) is 0 Å². The lowest BCUT2D eigenvalue weighted by Crippen LogP contribution is -2.52. The summed E-state index contributed by atoms with van der Waals surface area (Å²) in [6, 6.07) is 6.23. The van der Waals surface area contributed by atoms with Gasteiger partial charge in [-0.25, -0.2) is 4.79 Å². The Balaban J connectivity index is 1.33. The van der Waals surface area contributed by atoms with E-state index >= 15 is 0 Å². The van der Waals surface area contributed by atoms with E-state index < -0.39 is 6.10 Å². The molecule has 2 fully saturated rings. The first-order valence-corrected chi connectivity index (χ1v) is 12.0. The number of nitrogens with zero attached hydrogens (tertiary/aromatic N) is 1. The molecule has 0 unspecified atom stereocenters. The quantitative estimate of drug-likeness (QED) is 0.448. The monoisotopic (exact) mass is 466 g/mol. The zero-order chi connectivity index (χ0) is 22.8. The maximum Gasteiger partial charge on any atom is 0.319 e. The second kappa shape index (κ2) is 13.0. The molecule has 3 amide bonds. The number of hydrogen-bond acceptors (Lipinski definition) is 5. The van der Waals surface area contributed by atoms with Crippen molar-refractivity contribution in [3.05, 3.63) is 29.3 Å². The molecule has 32 heavy (non-hydrogen) atoms. The molecule has 0 bridgehead atoms. The summed E-state index contributed by atoms with van der Waals surface area (Å²) in [5.41, 5.74) is 0.637. The summed E-state index contributed by atoms with van der Waals surface area (Å²) in [6.45, 7) is 3.39. The minimum absolute atomic E-state index is 0.0491. The SMILES string of the molecule is O=C(CCN1CCCCC1)NCC[C@H]1CC[C@H](NC(=O)Nc2ccc(Cl)cc2)[C@@H](CO)O1. The summed E-state index contributed by atoms with van der Waals surface area (Å²) in [5, 5.41) is 19.0. The van der Waals surface area contributed by atoms with Crippen LogP contribution >= 0.6 is 11.6 Å². The highest BCUT2D eigenvalue weighted by Gasteiger charge is 2.31. The molecule has 8 nitrogen and oxygen atoms in total. The van der Waals surface area contributed by atoms with Crippen LogP contribution in [0.5, 0.6) is 0 Å². The zero-order valence-corrected chi connectivity index (χ0v) is 19.3. The number of urea groups is 1. The largest absolute Gasteiger partial charge is 0.394 e. The molecule has 9 heteroatoms. The van der Waals surface area contributed by atoms with E-state index in [0.29, 0.717) is 36.5 Å². The first kappa shape index (κ1) is 24.8. The number of nitrogens with one attached hydrogen (secondary N) is 3. The van der Waals surface area contributed by atoms with E-state index in [1.54, 1.807) is 24.3 Å². The van der Waals surface area contributed by atoms with Gasteiger partial charge in [0.05, 0.1) is 18.8 Å². The molecule has 1 aromatic carbocycles. The molecule has 4 N–H and O–H groups in total. The summed E-state index contributed by atoms with van der Waals surface area (Å²) < 4.78 is 5.98. The maximum absolute atomic E-state index is 12.3. The fourth-order valence-corrected chi connectivity index (χ4v) is 4.41. The summed E-state index contributed by atoms with van der Waals surface area (Å²) in [4.78, 5) is 26.8. The standard InChI is InChI=1S/C23H35ClN4O4/c24-17-4-6-18(7-5-17)26-23(31)27-20-9-8-19(32-21(20)16-29)10-12-25-22(30)11-15-28-13-2-1-3-14-28/h4-7,19-21,29H,1-3,8-16H2,(H,25,30)(H2,26,27,31)/t19-,20+,21-/m1/s1. The van der Waals surface area contributed by atoms with Crippen LogP contribution in [0.3, 0.4) is 0 Å². The summed E-state index contributed by atoms with van der Waals surface area (Å²) in [6.07, 6.45) is 5.90. The Kier molecular flexibility index (Phi) is 10.1. The molecule has 3 atom stereocenters. The van der Waals surface area contributed by atoms with Crippen molar-refractivity contribution in [2.24, 2.45) is 0 Å². The van der Waals surface area contributed by atoms with Crippen molar-refractivity contribution in [2.75, 3.05) is 38.1 Å². The maximum atomic E-state index is 12.3. The molecule has 0 aromatic heterocycles. The molecule has 178 valence electrons. The minimum Gasteiger partial charge on any atom is -0.394 e. The highest BCUT2D eigenvalue weighted by Crippen LogP contribution is 2.22. The second-order valence-electron chi connectivity index (χ2n) is 8.56. The minimum atomic E-state index is -0.473. The number of carbonyl (C=O) groups is 2. The van der Waals surface area contributed by atoms with Gasteiger partial charge in [0.15, 0.2) is 0 Å². The topological polar surface area (TPSA) is 103 Å². The van der Waals surface area contributed by atoms with Gasteiger partial charge in [-0.05, 0) is 69.5 Å². The summed E-state index contributed by atoms with van der Waals surface area (Å²) in [5.74, 6) is 0.0727. The van der Waals surface area contributed by atoms with Crippen LogP contribution in [0.2, 0.25) is 5.02 Å². The van der Waals surface area contributed by atoms with E-state index in [0.717, 1.165) is 26.1 Å². The number of carbonyl (C=O) groups excluding carboxylic acids is 2. The Hall–Kier alpha value is -1.87. The number of benzene rings is 1. The molecule has 2 aliphatic heterocycles. The van der Waals surface area contributed by atoms with Gasteiger partial charge >= 0.3 is 6.03 Å². The molecule has 0 radical (unpaired) electrons. The van der Waals surface area contributed by atoms with Gasteiger partial charge < -0.3 is 30.7 Å². The van der Waals surface area contributed by atoms with Crippen LogP contribution in [-0.2, 0) is 9.53 Å². The molecule has 2 saturated heterocycles. The van der Waals surface area contributed by atoms with Crippen LogP contribution in [0.1, 0.15) is 44.9 Å². The Bertz CT molecular complexity index is 727. The first-order valence-electron chi connectivity index (χ1n) is 11.6. The number of anilines is 1. The van der Waals surface area contributed by atoms with Crippen molar-refractivity contribution < 1.29 is 19.4 Å². The average Bonchev–Trinajstić information content (AvgIpc) is 2.80. The Morgan fingerprint density at radius 2 is 1.88 bits per heavy atom. The van der Waals surface area contributed by atoms with E-state index in [1.165, 1.54) is 19.3 Å².